The van der Waals surface area contributed by atoms with E-state index in [1.165, 1.54) is 18.9 Å². The third kappa shape index (κ3) is 4.20. The normalized spacial score (nSPS) is 10.5. The van der Waals surface area contributed by atoms with E-state index in [4.69, 9.17) is 9.84 Å². The van der Waals surface area contributed by atoms with Crippen molar-refractivity contribution in [2.45, 2.75) is 6.92 Å². The zero-order valence-corrected chi connectivity index (χ0v) is 11.8. The zero-order valence-electron chi connectivity index (χ0n) is 11.8. The summed E-state index contributed by atoms with van der Waals surface area (Å²) >= 11 is 0. The molecule has 0 saturated heterocycles. The zero-order chi connectivity index (χ0) is 16.0. The van der Waals surface area contributed by atoms with E-state index in [0.29, 0.717) is 0 Å². The van der Waals surface area contributed by atoms with Crippen LogP contribution in [0.3, 0.4) is 0 Å². The topological polar surface area (TPSA) is 92.9 Å². The van der Waals surface area contributed by atoms with Crippen molar-refractivity contribution >= 4 is 11.6 Å². The number of ether oxygens (including phenoxy) is 1. The summed E-state index contributed by atoms with van der Waals surface area (Å²) in [6.45, 7) is 1.40. The van der Waals surface area contributed by atoms with Crippen molar-refractivity contribution in [3.63, 3.8) is 0 Å². The molecule has 0 aliphatic heterocycles. The Morgan fingerprint density at radius 1 is 1.48 bits per heavy atom. The standard InChI is InChI=1S/C13H17FN2O5/c1-9-7-10(16(19)20)8-11(12(9)14)13(18)15(3-5-17)4-6-21-2/h7-8,17H,3-6H2,1-2H3. The fraction of sp³-hybridized carbons (Fsp3) is 0.462. The summed E-state index contributed by atoms with van der Waals surface area (Å²) in [6.07, 6.45) is 0. The first-order valence-corrected chi connectivity index (χ1v) is 6.26. The number of nitro groups is 1. The van der Waals surface area contributed by atoms with Crippen molar-refractivity contribution in [2.24, 2.45) is 0 Å². The number of hydrogen-bond donors (Lipinski definition) is 1. The number of carbonyl (C=O) groups excluding carboxylic acids is 1. The molecule has 0 aromatic heterocycles. The van der Waals surface area contributed by atoms with E-state index in [2.05, 4.69) is 0 Å². The summed E-state index contributed by atoms with van der Waals surface area (Å²) in [7, 11) is 1.44. The number of methoxy groups -OCH3 is 1. The number of benzene rings is 1. The van der Waals surface area contributed by atoms with E-state index in [1.54, 1.807) is 0 Å². The van der Waals surface area contributed by atoms with E-state index < -0.39 is 16.6 Å². The van der Waals surface area contributed by atoms with Crippen LogP contribution in [0, 0.1) is 22.9 Å². The number of aliphatic hydroxyl groups is 1. The summed E-state index contributed by atoms with van der Waals surface area (Å²) in [5, 5.41) is 19.8. The van der Waals surface area contributed by atoms with Crippen molar-refractivity contribution in [2.75, 3.05) is 33.4 Å². The van der Waals surface area contributed by atoms with E-state index in [0.717, 1.165) is 12.1 Å². The number of hydrogen-bond acceptors (Lipinski definition) is 5. The first-order chi connectivity index (χ1) is 9.92. The lowest BCUT2D eigenvalue weighted by Crippen LogP contribution is -2.36. The van der Waals surface area contributed by atoms with Gasteiger partial charge in [0.05, 0.1) is 23.7 Å². The lowest BCUT2D eigenvalue weighted by molar-refractivity contribution is -0.385. The van der Waals surface area contributed by atoms with Gasteiger partial charge in [0.25, 0.3) is 11.6 Å². The Morgan fingerprint density at radius 3 is 2.67 bits per heavy atom. The molecule has 0 aliphatic carbocycles. The molecule has 0 aliphatic rings. The number of nitrogens with zero attached hydrogens (tertiary/aromatic N) is 2. The number of aliphatic hydroxyl groups excluding tert-OH is 1. The number of carbonyl (C=O) groups is 1. The van der Waals surface area contributed by atoms with Gasteiger partial charge >= 0.3 is 0 Å². The first kappa shape index (κ1) is 17.0. The lowest BCUT2D eigenvalue weighted by atomic mass is 10.1. The Bertz CT molecular complexity index is 536. The Kier molecular flexibility index (Phi) is 6.19. The highest BCUT2D eigenvalue weighted by atomic mass is 19.1. The minimum atomic E-state index is -0.800. The molecule has 1 rings (SSSR count). The molecule has 0 saturated carbocycles. The third-order valence-corrected chi connectivity index (χ3v) is 2.90. The van der Waals surface area contributed by atoms with Gasteiger partial charge in [0.15, 0.2) is 0 Å². The average molecular weight is 300 g/mol. The van der Waals surface area contributed by atoms with Crippen LogP contribution in [0.2, 0.25) is 0 Å². The molecule has 21 heavy (non-hydrogen) atoms. The molecular weight excluding hydrogens is 283 g/mol. The summed E-state index contributed by atoms with van der Waals surface area (Å²) in [5.41, 5.74) is -0.720. The van der Waals surface area contributed by atoms with Crippen LogP contribution in [0.5, 0.6) is 0 Å². The minimum absolute atomic E-state index is 0.0105. The maximum absolute atomic E-state index is 14.1. The molecule has 0 atom stereocenters. The van der Waals surface area contributed by atoms with E-state index in [9.17, 15) is 19.3 Å². The quantitative estimate of drug-likeness (QED) is 0.601. The Labute approximate surface area is 121 Å². The van der Waals surface area contributed by atoms with Crippen LogP contribution < -0.4 is 0 Å². The molecule has 0 heterocycles. The van der Waals surface area contributed by atoms with Gasteiger partial charge in [-0.3, -0.25) is 14.9 Å². The average Bonchev–Trinajstić information content (AvgIpc) is 2.45. The van der Waals surface area contributed by atoms with E-state index in [1.807, 2.05) is 0 Å². The molecule has 1 aromatic carbocycles. The largest absolute Gasteiger partial charge is 0.395 e. The number of non-ortho nitro benzene ring substituents is 1. The predicted molar refractivity (Wildman–Crippen MR) is 72.7 cm³/mol. The molecule has 7 nitrogen and oxygen atoms in total. The molecule has 0 unspecified atom stereocenters. The van der Waals surface area contributed by atoms with E-state index >= 15 is 0 Å². The van der Waals surface area contributed by atoms with Crippen LogP contribution in [-0.2, 0) is 4.74 Å². The van der Waals surface area contributed by atoms with Crippen molar-refractivity contribution in [1.29, 1.82) is 0 Å². The molecule has 116 valence electrons. The molecule has 0 bridgehead atoms. The maximum Gasteiger partial charge on any atom is 0.270 e. The number of aryl methyl sites for hydroxylation is 1. The molecule has 1 aromatic rings. The first-order valence-electron chi connectivity index (χ1n) is 6.26. The van der Waals surface area contributed by atoms with Crippen molar-refractivity contribution in [3.05, 3.63) is 39.2 Å². The summed E-state index contributed by atoms with van der Waals surface area (Å²) in [4.78, 5) is 23.6. The van der Waals surface area contributed by atoms with Crippen LogP contribution in [0.15, 0.2) is 12.1 Å². The van der Waals surface area contributed by atoms with Gasteiger partial charge in [-0.2, -0.15) is 0 Å². The highest BCUT2D eigenvalue weighted by molar-refractivity contribution is 5.95. The number of amides is 1. The van der Waals surface area contributed by atoms with Crippen molar-refractivity contribution < 1.29 is 24.0 Å². The summed E-state index contributed by atoms with van der Waals surface area (Å²) < 4.78 is 18.9. The molecule has 0 spiro atoms. The SMILES string of the molecule is COCCN(CCO)C(=O)c1cc([N+](=O)[O-])cc(C)c1F. The van der Waals surface area contributed by atoms with Crippen molar-refractivity contribution in [3.8, 4) is 0 Å². The van der Waals surface area contributed by atoms with Gasteiger partial charge < -0.3 is 14.7 Å². The van der Waals surface area contributed by atoms with Gasteiger partial charge in [-0.25, -0.2) is 4.39 Å². The fourth-order valence-corrected chi connectivity index (χ4v) is 1.82. The summed E-state index contributed by atoms with van der Waals surface area (Å²) in [5.74, 6) is -1.52. The second-order valence-corrected chi connectivity index (χ2v) is 4.39. The predicted octanol–water partition coefficient (Wildman–Crippen LogP) is 1.12. The molecule has 1 amide bonds. The minimum Gasteiger partial charge on any atom is -0.395 e. The Hall–Kier alpha value is -2.06. The molecule has 0 fully saturated rings. The maximum atomic E-state index is 14.1. The lowest BCUT2D eigenvalue weighted by Gasteiger charge is -2.21. The molecule has 0 radical (unpaired) electrons. The number of rotatable bonds is 7. The third-order valence-electron chi connectivity index (χ3n) is 2.90. The van der Waals surface area contributed by atoms with Crippen LogP contribution >= 0.6 is 0 Å². The van der Waals surface area contributed by atoms with Crippen molar-refractivity contribution in [1.82, 2.24) is 4.90 Å². The fourth-order valence-electron chi connectivity index (χ4n) is 1.82. The van der Waals surface area contributed by atoms with Gasteiger partial charge in [-0.05, 0) is 12.5 Å². The van der Waals surface area contributed by atoms with E-state index in [-0.39, 0.29) is 43.1 Å². The highest BCUT2D eigenvalue weighted by Crippen LogP contribution is 2.22. The van der Waals surface area contributed by atoms with Crippen LogP contribution in [-0.4, -0.2) is 54.3 Å². The van der Waals surface area contributed by atoms with Gasteiger partial charge in [-0.15, -0.1) is 0 Å². The summed E-state index contributed by atoms with van der Waals surface area (Å²) in [6, 6.07) is 1.97. The van der Waals surface area contributed by atoms with Gasteiger partial charge in [0.2, 0.25) is 0 Å². The molecular formula is C13H17FN2O5. The van der Waals surface area contributed by atoms with Crippen LogP contribution in [0.1, 0.15) is 15.9 Å². The van der Waals surface area contributed by atoms with Gasteiger partial charge in [0, 0.05) is 32.3 Å². The Balaban J connectivity index is 3.16. The monoisotopic (exact) mass is 300 g/mol. The molecule has 1 N–H and O–H groups in total. The van der Waals surface area contributed by atoms with Gasteiger partial charge in [-0.1, -0.05) is 0 Å². The van der Waals surface area contributed by atoms with Crippen LogP contribution in [0.4, 0.5) is 10.1 Å². The smallest absolute Gasteiger partial charge is 0.270 e. The van der Waals surface area contributed by atoms with Crippen LogP contribution in [0.25, 0.3) is 0 Å². The second kappa shape index (κ2) is 7.65. The Morgan fingerprint density at radius 2 is 2.14 bits per heavy atom. The number of nitro benzene ring substituents is 1. The number of halogens is 1. The highest BCUT2D eigenvalue weighted by Gasteiger charge is 2.23. The molecule has 8 heteroatoms. The van der Waals surface area contributed by atoms with Gasteiger partial charge in [0.1, 0.15) is 5.82 Å². The second-order valence-electron chi connectivity index (χ2n) is 4.39.